The minimum atomic E-state index is -0.392. The summed E-state index contributed by atoms with van der Waals surface area (Å²) >= 11 is 0. The van der Waals surface area contributed by atoms with Crippen LogP contribution in [-0.2, 0) is 4.74 Å². The maximum atomic E-state index is 13.3. The van der Waals surface area contributed by atoms with E-state index in [1.54, 1.807) is 19.1 Å². The first kappa shape index (κ1) is 11.3. The lowest BCUT2D eigenvalue weighted by Crippen LogP contribution is -2.20. The molecular formula is C13H15FO2. The second-order valence-corrected chi connectivity index (χ2v) is 4.34. The van der Waals surface area contributed by atoms with E-state index in [4.69, 9.17) is 4.74 Å². The highest BCUT2D eigenvalue weighted by atomic mass is 19.1. The van der Waals surface area contributed by atoms with Crippen LogP contribution in [0.1, 0.15) is 35.7 Å². The maximum Gasteiger partial charge on any atom is 0.191 e. The van der Waals surface area contributed by atoms with Crippen molar-refractivity contribution >= 4 is 5.78 Å². The Morgan fingerprint density at radius 1 is 1.44 bits per heavy atom. The highest BCUT2D eigenvalue weighted by molar-refractivity contribution is 5.99. The van der Waals surface area contributed by atoms with Crippen molar-refractivity contribution in [3.05, 3.63) is 35.1 Å². The van der Waals surface area contributed by atoms with E-state index < -0.39 is 6.10 Å². The van der Waals surface area contributed by atoms with Gasteiger partial charge >= 0.3 is 0 Å². The summed E-state index contributed by atoms with van der Waals surface area (Å²) in [5, 5.41) is 0. The van der Waals surface area contributed by atoms with Crippen LogP contribution in [0.15, 0.2) is 18.2 Å². The summed E-state index contributed by atoms with van der Waals surface area (Å²) in [4.78, 5) is 12.0. The average Bonchev–Trinajstić information content (AvgIpc) is 2.68. The van der Waals surface area contributed by atoms with Crippen molar-refractivity contribution in [2.75, 3.05) is 0 Å². The van der Waals surface area contributed by atoms with E-state index in [9.17, 15) is 9.18 Å². The van der Waals surface area contributed by atoms with Crippen LogP contribution in [0.25, 0.3) is 0 Å². The third-order valence-corrected chi connectivity index (χ3v) is 2.98. The van der Waals surface area contributed by atoms with E-state index in [-0.39, 0.29) is 17.7 Å². The zero-order valence-electron chi connectivity index (χ0n) is 9.50. The molecule has 0 N–H and O–H groups in total. The van der Waals surface area contributed by atoms with Gasteiger partial charge in [-0.15, -0.1) is 0 Å². The standard InChI is InChI=1S/C13H15FO2/c1-8-3-5-10(7-11(8)14)13(15)12-6-4-9(2)16-12/h3,5,7,9,12H,4,6H2,1-2H3. The Bertz CT molecular complexity index is 414. The fourth-order valence-electron chi connectivity index (χ4n) is 1.93. The van der Waals surface area contributed by atoms with Crippen molar-refractivity contribution in [3.63, 3.8) is 0 Å². The van der Waals surface area contributed by atoms with E-state index in [0.29, 0.717) is 11.1 Å². The SMILES string of the molecule is Cc1ccc(C(=O)C2CCC(C)O2)cc1F. The number of benzene rings is 1. The van der Waals surface area contributed by atoms with Gasteiger partial charge in [-0.2, -0.15) is 0 Å². The first-order chi connectivity index (χ1) is 7.58. The number of aryl methyl sites for hydroxylation is 1. The molecule has 1 aromatic rings. The average molecular weight is 222 g/mol. The second kappa shape index (κ2) is 4.34. The van der Waals surface area contributed by atoms with Crippen molar-refractivity contribution in [2.24, 2.45) is 0 Å². The Hall–Kier alpha value is -1.22. The molecule has 0 saturated carbocycles. The Morgan fingerprint density at radius 2 is 2.19 bits per heavy atom. The zero-order valence-corrected chi connectivity index (χ0v) is 9.50. The molecular weight excluding hydrogens is 207 g/mol. The van der Waals surface area contributed by atoms with Crippen LogP contribution in [-0.4, -0.2) is 18.0 Å². The van der Waals surface area contributed by atoms with Crippen LogP contribution in [0.4, 0.5) is 4.39 Å². The van der Waals surface area contributed by atoms with Gasteiger partial charge in [-0.1, -0.05) is 12.1 Å². The number of carbonyl (C=O) groups is 1. The zero-order chi connectivity index (χ0) is 11.7. The van der Waals surface area contributed by atoms with Crippen molar-refractivity contribution in [3.8, 4) is 0 Å². The largest absolute Gasteiger partial charge is 0.367 e. The molecule has 0 radical (unpaired) electrons. The number of Topliss-reactive ketones (excluding diaryl/α,β-unsaturated/α-hetero) is 1. The molecule has 0 bridgehead atoms. The lowest BCUT2D eigenvalue weighted by Gasteiger charge is -2.10. The minimum absolute atomic E-state index is 0.108. The predicted molar refractivity (Wildman–Crippen MR) is 59.0 cm³/mol. The lowest BCUT2D eigenvalue weighted by molar-refractivity contribution is 0.0433. The minimum Gasteiger partial charge on any atom is -0.367 e. The van der Waals surface area contributed by atoms with E-state index in [0.717, 1.165) is 12.8 Å². The molecule has 2 nitrogen and oxygen atoms in total. The summed E-state index contributed by atoms with van der Waals surface area (Å²) in [6.07, 6.45) is 1.36. The quantitative estimate of drug-likeness (QED) is 0.719. The third-order valence-electron chi connectivity index (χ3n) is 2.98. The molecule has 0 aromatic heterocycles. The summed E-state index contributed by atoms with van der Waals surface area (Å²) in [6.45, 7) is 3.63. The molecule has 2 unspecified atom stereocenters. The van der Waals surface area contributed by atoms with Gasteiger partial charge in [0.25, 0.3) is 0 Å². The highest BCUT2D eigenvalue weighted by Crippen LogP contribution is 2.23. The van der Waals surface area contributed by atoms with E-state index >= 15 is 0 Å². The normalized spacial score (nSPS) is 24.7. The van der Waals surface area contributed by atoms with Crippen molar-refractivity contribution in [1.29, 1.82) is 0 Å². The summed E-state index contributed by atoms with van der Waals surface area (Å²) < 4.78 is 18.8. The molecule has 2 rings (SSSR count). The Kier molecular flexibility index (Phi) is 3.06. The van der Waals surface area contributed by atoms with Crippen molar-refractivity contribution in [1.82, 2.24) is 0 Å². The summed E-state index contributed by atoms with van der Waals surface area (Å²) in [5.74, 6) is -0.444. The van der Waals surface area contributed by atoms with Gasteiger partial charge in [0.2, 0.25) is 0 Å². The molecule has 0 aliphatic carbocycles. The first-order valence-electron chi connectivity index (χ1n) is 5.54. The highest BCUT2D eigenvalue weighted by Gasteiger charge is 2.29. The molecule has 2 atom stereocenters. The maximum absolute atomic E-state index is 13.3. The van der Waals surface area contributed by atoms with E-state index in [2.05, 4.69) is 0 Å². The molecule has 0 spiro atoms. The Balaban J connectivity index is 2.18. The van der Waals surface area contributed by atoms with Gasteiger partial charge in [-0.25, -0.2) is 4.39 Å². The molecule has 1 aliphatic rings. The Labute approximate surface area is 94.4 Å². The number of hydrogen-bond donors (Lipinski definition) is 0. The lowest BCUT2D eigenvalue weighted by atomic mass is 10.0. The van der Waals surface area contributed by atoms with Crippen LogP contribution in [0.5, 0.6) is 0 Å². The molecule has 16 heavy (non-hydrogen) atoms. The third kappa shape index (κ3) is 2.14. The number of halogens is 1. The first-order valence-corrected chi connectivity index (χ1v) is 5.54. The van der Waals surface area contributed by atoms with Gasteiger partial charge in [0, 0.05) is 5.56 Å². The van der Waals surface area contributed by atoms with Gasteiger partial charge in [-0.3, -0.25) is 4.79 Å². The smallest absolute Gasteiger partial charge is 0.191 e. The van der Waals surface area contributed by atoms with E-state index in [1.165, 1.54) is 6.07 Å². The second-order valence-electron chi connectivity index (χ2n) is 4.34. The molecule has 1 fully saturated rings. The molecule has 3 heteroatoms. The molecule has 1 aromatic carbocycles. The molecule has 0 amide bonds. The van der Waals surface area contributed by atoms with Crippen LogP contribution in [0.2, 0.25) is 0 Å². The van der Waals surface area contributed by atoms with Crippen molar-refractivity contribution in [2.45, 2.75) is 38.9 Å². The number of ether oxygens (including phenoxy) is 1. The molecule has 1 aliphatic heterocycles. The summed E-state index contributed by atoms with van der Waals surface area (Å²) in [7, 11) is 0. The molecule has 1 saturated heterocycles. The number of hydrogen-bond acceptors (Lipinski definition) is 2. The number of rotatable bonds is 2. The Morgan fingerprint density at radius 3 is 2.75 bits per heavy atom. The van der Waals surface area contributed by atoms with Crippen LogP contribution < -0.4 is 0 Å². The van der Waals surface area contributed by atoms with Crippen LogP contribution >= 0.6 is 0 Å². The van der Waals surface area contributed by atoms with Gasteiger partial charge < -0.3 is 4.74 Å². The molecule has 1 heterocycles. The number of ketones is 1. The van der Waals surface area contributed by atoms with Crippen LogP contribution in [0, 0.1) is 12.7 Å². The fourth-order valence-corrected chi connectivity index (χ4v) is 1.93. The van der Waals surface area contributed by atoms with Gasteiger partial charge in [0.05, 0.1) is 6.10 Å². The van der Waals surface area contributed by atoms with Gasteiger partial charge in [0.1, 0.15) is 11.9 Å². The summed E-state index contributed by atoms with van der Waals surface area (Å²) in [5.41, 5.74) is 0.958. The molecule has 86 valence electrons. The van der Waals surface area contributed by atoms with Crippen molar-refractivity contribution < 1.29 is 13.9 Å². The topological polar surface area (TPSA) is 26.3 Å². The van der Waals surface area contributed by atoms with Gasteiger partial charge in [0.15, 0.2) is 5.78 Å². The van der Waals surface area contributed by atoms with E-state index in [1.807, 2.05) is 6.92 Å². The summed E-state index contributed by atoms with van der Waals surface area (Å²) in [6, 6.07) is 4.58. The van der Waals surface area contributed by atoms with Gasteiger partial charge in [-0.05, 0) is 38.3 Å². The number of carbonyl (C=O) groups excluding carboxylic acids is 1. The monoisotopic (exact) mass is 222 g/mol. The fraction of sp³-hybridized carbons (Fsp3) is 0.462. The van der Waals surface area contributed by atoms with Crippen LogP contribution in [0.3, 0.4) is 0 Å². The predicted octanol–water partition coefficient (Wildman–Crippen LogP) is 2.88.